The second-order valence-electron chi connectivity index (χ2n) is 6.88. The van der Waals surface area contributed by atoms with E-state index in [2.05, 4.69) is 5.32 Å². The van der Waals surface area contributed by atoms with Gasteiger partial charge >= 0.3 is 5.97 Å². The van der Waals surface area contributed by atoms with E-state index in [9.17, 15) is 14.9 Å². The van der Waals surface area contributed by atoms with Crippen molar-refractivity contribution in [2.24, 2.45) is 0 Å². The molecule has 8 nitrogen and oxygen atoms in total. The zero-order chi connectivity index (χ0) is 23.2. The Morgan fingerprint density at radius 3 is 2.55 bits per heavy atom. The van der Waals surface area contributed by atoms with Crippen LogP contribution in [0, 0.1) is 11.3 Å². The van der Waals surface area contributed by atoms with E-state index < -0.39 is 11.9 Å². The summed E-state index contributed by atoms with van der Waals surface area (Å²) in [6, 6.07) is 19.9. The number of nitrogens with one attached hydrogen (secondary N) is 1. The SMILES string of the molecule is COc1ccc(C(=O)Oc2cccc(/C=C(/C#N)C(=O)Nc3ccc4c(c3)OCO4)c2)cc1. The summed E-state index contributed by atoms with van der Waals surface area (Å²) in [4.78, 5) is 25.0. The molecule has 0 spiro atoms. The van der Waals surface area contributed by atoms with Crippen LogP contribution in [0.5, 0.6) is 23.0 Å². The van der Waals surface area contributed by atoms with Crippen molar-refractivity contribution in [3.05, 3.63) is 83.4 Å². The van der Waals surface area contributed by atoms with E-state index in [1.54, 1.807) is 66.7 Å². The third kappa shape index (κ3) is 5.11. The van der Waals surface area contributed by atoms with Crippen molar-refractivity contribution in [2.45, 2.75) is 0 Å². The summed E-state index contributed by atoms with van der Waals surface area (Å²) in [6.07, 6.45) is 1.41. The molecule has 33 heavy (non-hydrogen) atoms. The average molecular weight is 442 g/mol. The predicted octanol–water partition coefficient (Wildman–Crippen LogP) is 4.19. The molecule has 1 heterocycles. The number of benzene rings is 3. The molecular weight excluding hydrogens is 424 g/mol. The highest BCUT2D eigenvalue weighted by Gasteiger charge is 2.16. The average Bonchev–Trinajstić information content (AvgIpc) is 3.30. The Morgan fingerprint density at radius 2 is 1.79 bits per heavy atom. The number of ether oxygens (including phenoxy) is 4. The quantitative estimate of drug-likeness (QED) is 0.264. The number of carbonyl (C=O) groups is 2. The monoisotopic (exact) mass is 442 g/mol. The molecule has 0 radical (unpaired) electrons. The minimum atomic E-state index is -0.586. The molecule has 4 rings (SSSR count). The van der Waals surface area contributed by atoms with Crippen molar-refractivity contribution in [2.75, 3.05) is 19.2 Å². The molecule has 0 saturated carbocycles. The van der Waals surface area contributed by atoms with Crippen LogP contribution in [0.25, 0.3) is 6.08 Å². The summed E-state index contributed by atoms with van der Waals surface area (Å²) in [5.74, 6) is 0.878. The molecular formula is C25H18N2O6. The number of esters is 1. The molecule has 3 aromatic rings. The number of nitrogens with zero attached hydrogens (tertiary/aromatic N) is 1. The zero-order valence-corrected chi connectivity index (χ0v) is 17.5. The third-order valence-electron chi connectivity index (χ3n) is 4.70. The van der Waals surface area contributed by atoms with Crippen molar-refractivity contribution in [1.82, 2.24) is 0 Å². The first-order valence-corrected chi connectivity index (χ1v) is 9.85. The Labute approximate surface area is 189 Å². The summed E-state index contributed by atoms with van der Waals surface area (Å²) < 4.78 is 21.0. The molecule has 8 heteroatoms. The van der Waals surface area contributed by atoms with Crippen LogP contribution in [0.3, 0.4) is 0 Å². The van der Waals surface area contributed by atoms with Crippen LogP contribution in [-0.2, 0) is 4.79 Å². The number of fused-ring (bicyclic) bond motifs is 1. The van der Waals surface area contributed by atoms with E-state index >= 15 is 0 Å². The van der Waals surface area contributed by atoms with Gasteiger partial charge in [-0.05, 0) is 60.2 Å². The Bertz CT molecular complexity index is 1270. The molecule has 1 aliphatic heterocycles. The maximum atomic E-state index is 12.6. The van der Waals surface area contributed by atoms with Crippen LogP contribution in [0.2, 0.25) is 0 Å². The molecule has 1 aliphatic rings. The van der Waals surface area contributed by atoms with Gasteiger partial charge in [-0.25, -0.2) is 4.79 Å². The smallest absolute Gasteiger partial charge is 0.343 e. The van der Waals surface area contributed by atoms with Crippen molar-refractivity contribution < 1.29 is 28.5 Å². The van der Waals surface area contributed by atoms with Gasteiger partial charge in [0.05, 0.1) is 12.7 Å². The summed E-state index contributed by atoms with van der Waals surface area (Å²) in [6.45, 7) is 0.120. The highest BCUT2D eigenvalue weighted by Crippen LogP contribution is 2.34. The fourth-order valence-electron chi connectivity index (χ4n) is 3.05. The van der Waals surface area contributed by atoms with Gasteiger partial charge in [-0.2, -0.15) is 5.26 Å². The topological polar surface area (TPSA) is 107 Å². The highest BCUT2D eigenvalue weighted by atomic mass is 16.7. The fraction of sp³-hybridized carbons (Fsp3) is 0.0800. The van der Waals surface area contributed by atoms with E-state index in [1.165, 1.54) is 13.2 Å². The number of rotatable bonds is 6. The number of nitriles is 1. The molecule has 0 unspecified atom stereocenters. The minimum absolute atomic E-state index is 0.119. The Morgan fingerprint density at radius 1 is 1.00 bits per heavy atom. The minimum Gasteiger partial charge on any atom is -0.497 e. The Kier molecular flexibility index (Phi) is 6.23. The van der Waals surface area contributed by atoms with Gasteiger partial charge in [-0.3, -0.25) is 4.79 Å². The molecule has 164 valence electrons. The first-order valence-electron chi connectivity index (χ1n) is 9.85. The number of methoxy groups -OCH3 is 1. The van der Waals surface area contributed by atoms with E-state index in [-0.39, 0.29) is 18.1 Å². The van der Waals surface area contributed by atoms with Gasteiger partial charge in [0, 0.05) is 11.8 Å². The van der Waals surface area contributed by atoms with Crippen LogP contribution < -0.4 is 24.3 Å². The largest absolute Gasteiger partial charge is 0.497 e. The summed E-state index contributed by atoms with van der Waals surface area (Å²) in [7, 11) is 1.54. The maximum Gasteiger partial charge on any atom is 0.343 e. The zero-order valence-electron chi connectivity index (χ0n) is 17.5. The van der Waals surface area contributed by atoms with E-state index in [1.807, 2.05) is 6.07 Å². The van der Waals surface area contributed by atoms with Gasteiger partial charge in [0.15, 0.2) is 11.5 Å². The first-order chi connectivity index (χ1) is 16.1. The lowest BCUT2D eigenvalue weighted by molar-refractivity contribution is -0.112. The normalized spacial score (nSPS) is 11.9. The second-order valence-corrected chi connectivity index (χ2v) is 6.88. The molecule has 0 aromatic heterocycles. The van der Waals surface area contributed by atoms with E-state index in [0.29, 0.717) is 34.1 Å². The predicted molar refractivity (Wildman–Crippen MR) is 119 cm³/mol. The van der Waals surface area contributed by atoms with Gasteiger partial charge in [-0.15, -0.1) is 0 Å². The second kappa shape index (κ2) is 9.58. The lowest BCUT2D eigenvalue weighted by Crippen LogP contribution is -2.13. The lowest BCUT2D eigenvalue weighted by Gasteiger charge is -2.07. The molecule has 0 aliphatic carbocycles. The highest BCUT2D eigenvalue weighted by molar-refractivity contribution is 6.09. The number of carbonyl (C=O) groups excluding carboxylic acids is 2. The van der Waals surface area contributed by atoms with Crippen LogP contribution in [-0.4, -0.2) is 25.8 Å². The molecule has 0 bridgehead atoms. The van der Waals surface area contributed by atoms with E-state index in [4.69, 9.17) is 18.9 Å². The van der Waals surface area contributed by atoms with E-state index in [0.717, 1.165) is 0 Å². The maximum absolute atomic E-state index is 12.6. The first kappa shape index (κ1) is 21.5. The Balaban J connectivity index is 1.46. The van der Waals surface area contributed by atoms with Crippen LogP contribution in [0.4, 0.5) is 5.69 Å². The molecule has 1 N–H and O–H groups in total. The molecule has 3 aromatic carbocycles. The third-order valence-corrected chi connectivity index (χ3v) is 4.70. The number of hydrogen-bond acceptors (Lipinski definition) is 7. The van der Waals surface area contributed by atoms with Gasteiger partial charge in [0.1, 0.15) is 23.1 Å². The number of hydrogen-bond donors (Lipinski definition) is 1. The van der Waals surface area contributed by atoms with Gasteiger partial charge < -0.3 is 24.3 Å². The van der Waals surface area contributed by atoms with Crippen LogP contribution in [0.1, 0.15) is 15.9 Å². The van der Waals surface area contributed by atoms with Gasteiger partial charge in [0.2, 0.25) is 6.79 Å². The number of amides is 1. The van der Waals surface area contributed by atoms with Gasteiger partial charge in [0.25, 0.3) is 5.91 Å². The lowest BCUT2D eigenvalue weighted by atomic mass is 10.1. The van der Waals surface area contributed by atoms with Crippen molar-refractivity contribution in [1.29, 1.82) is 5.26 Å². The fourth-order valence-corrected chi connectivity index (χ4v) is 3.05. The Hall–Kier alpha value is -4.77. The van der Waals surface area contributed by atoms with Crippen molar-refractivity contribution in [3.8, 4) is 29.1 Å². The summed E-state index contributed by atoms with van der Waals surface area (Å²) in [5, 5.41) is 12.1. The van der Waals surface area contributed by atoms with Gasteiger partial charge in [-0.1, -0.05) is 12.1 Å². The molecule has 0 fully saturated rings. The molecule has 0 saturated heterocycles. The standard InChI is InChI=1S/C25H18N2O6/c1-30-20-8-5-17(6-9-20)25(29)33-21-4-2-3-16(12-21)11-18(14-26)24(28)27-19-7-10-22-23(13-19)32-15-31-22/h2-13H,15H2,1H3,(H,27,28)/b18-11-. The van der Waals surface area contributed by atoms with Crippen LogP contribution in [0.15, 0.2) is 72.3 Å². The molecule has 1 amide bonds. The van der Waals surface area contributed by atoms with Crippen molar-refractivity contribution in [3.63, 3.8) is 0 Å². The van der Waals surface area contributed by atoms with Crippen molar-refractivity contribution >= 4 is 23.6 Å². The molecule has 0 atom stereocenters. The summed E-state index contributed by atoms with van der Waals surface area (Å²) in [5.41, 5.74) is 1.23. The van der Waals surface area contributed by atoms with Crippen LogP contribution >= 0.6 is 0 Å². The number of anilines is 1. The summed E-state index contributed by atoms with van der Waals surface area (Å²) >= 11 is 0.